The first kappa shape index (κ1) is 18.5. The van der Waals surface area contributed by atoms with Gasteiger partial charge in [-0.15, -0.1) is 0 Å². The monoisotopic (exact) mass is 378 g/mol. The molecule has 7 heteroatoms. The molecule has 1 atom stereocenters. The Labute approximate surface area is 153 Å². The second-order valence-corrected chi connectivity index (χ2v) is 7.66. The molecular weight excluding hydrogens is 358 g/mol. The van der Waals surface area contributed by atoms with E-state index in [1.807, 2.05) is 0 Å². The van der Waals surface area contributed by atoms with Crippen molar-refractivity contribution in [2.75, 3.05) is 36.8 Å². The molecule has 1 heterocycles. The van der Waals surface area contributed by atoms with Crippen LogP contribution in [0.5, 0.6) is 0 Å². The molecule has 0 saturated carbocycles. The Morgan fingerprint density at radius 1 is 0.885 bits per heavy atom. The van der Waals surface area contributed by atoms with Crippen LogP contribution in [0.3, 0.4) is 0 Å². The second-order valence-electron chi connectivity index (χ2n) is 6.20. The van der Waals surface area contributed by atoms with Crippen LogP contribution >= 0.6 is 0 Å². The number of carbonyl (C=O) groups excluding carboxylic acids is 1. The highest BCUT2D eigenvalue weighted by atomic mass is 32.2. The van der Waals surface area contributed by atoms with Crippen LogP contribution in [0.2, 0.25) is 0 Å². The molecule has 0 spiro atoms. The first-order valence-electron chi connectivity index (χ1n) is 8.39. The maximum atomic E-state index is 13.0. The summed E-state index contributed by atoms with van der Waals surface area (Å²) in [6.45, 7) is 2.40. The Morgan fingerprint density at radius 2 is 1.42 bits per heavy atom. The van der Waals surface area contributed by atoms with Crippen molar-refractivity contribution in [1.82, 2.24) is 4.90 Å². The van der Waals surface area contributed by atoms with Gasteiger partial charge in [-0.3, -0.25) is 9.00 Å². The summed E-state index contributed by atoms with van der Waals surface area (Å²) in [6.07, 6.45) is 0. The molecule has 3 rings (SSSR count). The van der Waals surface area contributed by atoms with E-state index >= 15 is 0 Å². The van der Waals surface area contributed by atoms with Gasteiger partial charge in [0.05, 0.1) is 0 Å². The van der Waals surface area contributed by atoms with Gasteiger partial charge < -0.3 is 9.80 Å². The molecule has 1 saturated heterocycles. The Morgan fingerprint density at radius 3 is 2.00 bits per heavy atom. The molecule has 138 valence electrons. The third-order valence-electron chi connectivity index (χ3n) is 4.35. The molecular formula is C19H20F2N2O2S. The minimum absolute atomic E-state index is 0.0338. The van der Waals surface area contributed by atoms with Crippen LogP contribution in [-0.2, 0) is 21.3 Å². The van der Waals surface area contributed by atoms with E-state index in [-0.39, 0.29) is 29.0 Å². The molecule has 1 unspecified atom stereocenters. The molecule has 4 nitrogen and oxygen atoms in total. The molecule has 0 radical (unpaired) electrons. The fraction of sp³-hybridized carbons (Fsp3) is 0.316. The molecule has 0 N–H and O–H groups in total. The van der Waals surface area contributed by atoms with Crippen LogP contribution in [0.25, 0.3) is 0 Å². The molecule has 1 amide bonds. The van der Waals surface area contributed by atoms with Crippen LogP contribution in [0, 0.1) is 11.6 Å². The first-order valence-corrected chi connectivity index (χ1v) is 9.88. The van der Waals surface area contributed by atoms with Crippen molar-refractivity contribution < 1.29 is 17.8 Å². The molecule has 1 aliphatic rings. The van der Waals surface area contributed by atoms with E-state index in [0.29, 0.717) is 26.2 Å². The lowest BCUT2D eigenvalue weighted by Gasteiger charge is -2.36. The van der Waals surface area contributed by atoms with Crippen LogP contribution in [0.15, 0.2) is 48.5 Å². The van der Waals surface area contributed by atoms with E-state index in [2.05, 4.69) is 4.90 Å². The standard InChI is InChI=1S/C19H20F2N2O2S/c20-16-3-1-15(2-4-16)13-26(25)14-19(24)23-11-9-22(10-12-23)18-7-5-17(21)6-8-18/h1-8H,9-14H2. The Hall–Kier alpha value is -2.28. The summed E-state index contributed by atoms with van der Waals surface area (Å²) in [7, 11) is -1.33. The number of nitrogens with zero attached hydrogens (tertiary/aromatic N) is 2. The van der Waals surface area contributed by atoms with Gasteiger partial charge in [0.25, 0.3) is 0 Å². The third-order valence-corrected chi connectivity index (χ3v) is 5.57. The number of hydrogen-bond acceptors (Lipinski definition) is 3. The average Bonchev–Trinajstić information content (AvgIpc) is 2.64. The number of rotatable bonds is 5. The normalized spacial score (nSPS) is 15.8. The van der Waals surface area contributed by atoms with Crippen LogP contribution in [0.1, 0.15) is 5.56 Å². The van der Waals surface area contributed by atoms with Crippen molar-refractivity contribution in [1.29, 1.82) is 0 Å². The van der Waals surface area contributed by atoms with Crippen molar-refractivity contribution in [2.45, 2.75) is 5.75 Å². The van der Waals surface area contributed by atoms with E-state index in [0.717, 1.165) is 11.3 Å². The van der Waals surface area contributed by atoms with Gasteiger partial charge in [0.2, 0.25) is 5.91 Å². The summed E-state index contributed by atoms with van der Waals surface area (Å²) in [4.78, 5) is 16.2. The second kappa shape index (κ2) is 8.40. The van der Waals surface area contributed by atoms with Crippen molar-refractivity contribution in [2.24, 2.45) is 0 Å². The van der Waals surface area contributed by atoms with Gasteiger partial charge >= 0.3 is 0 Å². The lowest BCUT2D eigenvalue weighted by molar-refractivity contribution is -0.128. The number of piperazine rings is 1. The van der Waals surface area contributed by atoms with Crippen molar-refractivity contribution in [3.8, 4) is 0 Å². The summed E-state index contributed by atoms with van der Waals surface area (Å²) < 4.78 is 38.1. The number of hydrogen-bond donors (Lipinski definition) is 0. The highest BCUT2D eigenvalue weighted by molar-refractivity contribution is 7.84. The summed E-state index contributed by atoms with van der Waals surface area (Å²) in [5.74, 6) is -0.541. The zero-order valence-electron chi connectivity index (χ0n) is 14.2. The minimum atomic E-state index is -1.33. The van der Waals surface area contributed by atoms with Crippen molar-refractivity contribution in [3.63, 3.8) is 0 Å². The topological polar surface area (TPSA) is 40.6 Å². The lowest BCUT2D eigenvalue weighted by Crippen LogP contribution is -2.50. The van der Waals surface area contributed by atoms with Gasteiger partial charge in [-0.2, -0.15) is 0 Å². The summed E-state index contributed by atoms with van der Waals surface area (Å²) in [6, 6.07) is 12.1. The predicted molar refractivity (Wildman–Crippen MR) is 98.3 cm³/mol. The van der Waals surface area contributed by atoms with Gasteiger partial charge in [-0.1, -0.05) is 12.1 Å². The van der Waals surface area contributed by atoms with Gasteiger partial charge in [-0.05, 0) is 42.0 Å². The predicted octanol–water partition coefficient (Wildman–Crippen LogP) is 2.56. The zero-order chi connectivity index (χ0) is 18.5. The number of anilines is 1. The fourth-order valence-corrected chi connectivity index (χ4v) is 4.04. The summed E-state index contributed by atoms with van der Waals surface area (Å²) >= 11 is 0. The number of carbonyl (C=O) groups is 1. The highest BCUT2D eigenvalue weighted by Gasteiger charge is 2.22. The van der Waals surface area contributed by atoms with E-state index in [4.69, 9.17) is 0 Å². The molecule has 0 aliphatic carbocycles. The third kappa shape index (κ3) is 4.88. The summed E-state index contributed by atoms with van der Waals surface area (Å²) in [5.41, 5.74) is 1.68. The Bertz CT molecular complexity index is 773. The zero-order valence-corrected chi connectivity index (χ0v) is 15.1. The first-order chi connectivity index (χ1) is 12.5. The Balaban J connectivity index is 1.48. The molecule has 2 aromatic carbocycles. The lowest BCUT2D eigenvalue weighted by atomic mass is 10.2. The van der Waals surface area contributed by atoms with Gasteiger partial charge in [0.15, 0.2) is 0 Å². The largest absolute Gasteiger partial charge is 0.368 e. The molecule has 1 aliphatic heterocycles. The fourth-order valence-electron chi connectivity index (χ4n) is 2.91. The smallest absolute Gasteiger partial charge is 0.235 e. The molecule has 1 fully saturated rings. The molecule has 2 aromatic rings. The van der Waals surface area contributed by atoms with Gasteiger partial charge in [0, 0.05) is 48.4 Å². The van der Waals surface area contributed by atoms with Gasteiger partial charge in [-0.25, -0.2) is 8.78 Å². The molecule has 0 aromatic heterocycles. The van der Waals surface area contributed by atoms with E-state index < -0.39 is 10.8 Å². The SMILES string of the molecule is O=C(CS(=O)Cc1ccc(F)cc1)N1CCN(c2ccc(F)cc2)CC1. The summed E-state index contributed by atoms with van der Waals surface area (Å²) in [5, 5.41) is 0. The molecule has 0 bridgehead atoms. The van der Waals surface area contributed by atoms with Crippen LogP contribution in [-0.4, -0.2) is 46.9 Å². The number of amides is 1. The Kier molecular flexibility index (Phi) is 5.98. The van der Waals surface area contributed by atoms with E-state index in [1.165, 1.54) is 24.3 Å². The van der Waals surface area contributed by atoms with Crippen LogP contribution in [0.4, 0.5) is 14.5 Å². The van der Waals surface area contributed by atoms with Gasteiger partial charge in [0.1, 0.15) is 17.4 Å². The minimum Gasteiger partial charge on any atom is -0.368 e. The number of benzene rings is 2. The van der Waals surface area contributed by atoms with Crippen molar-refractivity contribution >= 4 is 22.4 Å². The highest BCUT2D eigenvalue weighted by Crippen LogP contribution is 2.17. The number of halogens is 2. The maximum Gasteiger partial charge on any atom is 0.235 e. The van der Waals surface area contributed by atoms with E-state index in [1.54, 1.807) is 29.2 Å². The maximum absolute atomic E-state index is 13.0. The average molecular weight is 378 g/mol. The van der Waals surface area contributed by atoms with E-state index in [9.17, 15) is 17.8 Å². The molecule has 26 heavy (non-hydrogen) atoms. The van der Waals surface area contributed by atoms with Crippen molar-refractivity contribution in [3.05, 3.63) is 65.7 Å². The van der Waals surface area contributed by atoms with Crippen LogP contribution < -0.4 is 4.90 Å². The quantitative estimate of drug-likeness (QED) is 0.803.